The summed E-state index contributed by atoms with van der Waals surface area (Å²) in [5.41, 5.74) is 6.13. The van der Waals surface area contributed by atoms with Crippen LogP contribution in [0.5, 0.6) is 0 Å². The summed E-state index contributed by atoms with van der Waals surface area (Å²) in [4.78, 5) is 0. The Balaban J connectivity index is 2.44. The first-order chi connectivity index (χ1) is 9.36. The van der Waals surface area contributed by atoms with Crippen LogP contribution in [0.15, 0.2) is 23.2 Å². The molecule has 0 aliphatic rings. The molecule has 1 aromatic heterocycles. The maximum absolute atomic E-state index is 13.7. The van der Waals surface area contributed by atoms with Crippen molar-refractivity contribution in [3.8, 4) is 0 Å². The van der Waals surface area contributed by atoms with E-state index in [0.717, 1.165) is 0 Å². The summed E-state index contributed by atoms with van der Waals surface area (Å²) in [7, 11) is -4.05. The van der Waals surface area contributed by atoms with Crippen molar-refractivity contribution in [2.45, 2.75) is 18.5 Å². The number of sulfonamides is 1. The Morgan fingerprint density at radius 2 is 2.20 bits per heavy atom. The molecule has 0 aliphatic heterocycles. The molecule has 0 fully saturated rings. The van der Waals surface area contributed by atoms with E-state index in [4.69, 9.17) is 17.3 Å². The zero-order chi connectivity index (χ0) is 14.9. The SMILES string of the molecule is Cc1[nH]nc(S(=O)(=O)Nc2cccc(Cl)c2F)c1CN. The highest BCUT2D eigenvalue weighted by Crippen LogP contribution is 2.25. The molecule has 1 aromatic carbocycles. The van der Waals surface area contributed by atoms with Crippen molar-refractivity contribution in [1.29, 1.82) is 0 Å². The number of rotatable bonds is 4. The van der Waals surface area contributed by atoms with Gasteiger partial charge in [-0.3, -0.25) is 9.82 Å². The molecule has 0 amide bonds. The molecule has 0 radical (unpaired) electrons. The number of aromatic amines is 1. The van der Waals surface area contributed by atoms with Gasteiger partial charge in [0.05, 0.1) is 10.7 Å². The third kappa shape index (κ3) is 2.62. The lowest BCUT2D eigenvalue weighted by molar-refractivity contribution is 0.593. The average Bonchev–Trinajstić information content (AvgIpc) is 2.76. The van der Waals surface area contributed by atoms with Gasteiger partial charge in [0.15, 0.2) is 5.82 Å². The van der Waals surface area contributed by atoms with Gasteiger partial charge in [0.25, 0.3) is 10.0 Å². The van der Waals surface area contributed by atoms with E-state index in [2.05, 4.69) is 14.9 Å². The Labute approximate surface area is 120 Å². The second-order valence-corrected chi connectivity index (χ2v) is 6.05. The van der Waals surface area contributed by atoms with E-state index in [0.29, 0.717) is 11.3 Å². The second-order valence-electron chi connectivity index (χ2n) is 4.04. The van der Waals surface area contributed by atoms with Gasteiger partial charge in [-0.25, -0.2) is 4.39 Å². The van der Waals surface area contributed by atoms with Crippen molar-refractivity contribution in [1.82, 2.24) is 10.2 Å². The minimum atomic E-state index is -4.05. The van der Waals surface area contributed by atoms with Gasteiger partial charge < -0.3 is 5.73 Å². The molecule has 0 aliphatic carbocycles. The van der Waals surface area contributed by atoms with Gasteiger partial charge in [0.1, 0.15) is 0 Å². The van der Waals surface area contributed by atoms with Crippen molar-refractivity contribution in [3.63, 3.8) is 0 Å². The number of benzene rings is 1. The quantitative estimate of drug-likeness (QED) is 0.799. The van der Waals surface area contributed by atoms with Crippen LogP contribution in [0.1, 0.15) is 11.3 Å². The monoisotopic (exact) mass is 318 g/mol. The maximum atomic E-state index is 13.7. The van der Waals surface area contributed by atoms with Crippen LogP contribution >= 0.6 is 11.6 Å². The van der Waals surface area contributed by atoms with Crippen molar-refractivity contribution < 1.29 is 12.8 Å². The molecule has 0 saturated carbocycles. The van der Waals surface area contributed by atoms with Gasteiger partial charge in [-0.1, -0.05) is 17.7 Å². The van der Waals surface area contributed by atoms with Gasteiger partial charge in [0.2, 0.25) is 5.03 Å². The van der Waals surface area contributed by atoms with Crippen LogP contribution in [0.4, 0.5) is 10.1 Å². The van der Waals surface area contributed by atoms with Gasteiger partial charge >= 0.3 is 0 Å². The molecule has 108 valence electrons. The lowest BCUT2D eigenvalue weighted by Crippen LogP contribution is -2.17. The highest BCUT2D eigenvalue weighted by Gasteiger charge is 2.24. The topological polar surface area (TPSA) is 101 Å². The van der Waals surface area contributed by atoms with E-state index in [-0.39, 0.29) is 22.3 Å². The third-order valence-electron chi connectivity index (χ3n) is 2.69. The van der Waals surface area contributed by atoms with Crippen LogP contribution in [0.3, 0.4) is 0 Å². The number of hydrogen-bond donors (Lipinski definition) is 3. The molecule has 2 rings (SSSR count). The van der Waals surface area contributed by atoms with Crippen molar-refractivity contribution in [2.75, 3.05) is 4.72 Å². The Bertz CT molecular complexity index is 745. The summed E-state index contributed by atoms with van der Waals surface area (Å²) in [6.45, 7) is 1.64. The molecule has 20 heavy (non-hydrogen) atoms. The number of H-pyrrole nitrogens is 1. The Morgan fingerprint density at radius 1 is 1.50 bits per heavy atom. The van der Waals surface area contributed by atoms with Crippen LogP contribution in [0.2, 0.25) is 5.02 Å². The highest BCUT2D eigenvalue weighted by atomic mass is 35.5. The third-order valence-corrected chi connectivity index (χ3v) is 4.32. The van der Waals surface area contributed by atoms with Crippen LogP contribution in [-0.4, -0.2) is 18.6 Å². The first kappa shape index (κ1) is 14.8. The van der Waals surface area contributed by atoms with Crippen LogP contribution in [0.25, 0.3) is 0 Å². The smallest absolute Gasteiger partial charge is 0.281 e. The zero-order valence-corrected chi connectivity index (χ0v) is 12.0. The van der Waals surface area contributed by atoms with Gasteiger partial charge in [-0.15, -0.1) is 0 Å². The number of hydrogen-bond acceptors (Lipinski definition) is 4. The number of aryl methyl sites for hydroxylation is 1. The largest absolute Gasteiger partial charge is 0.326 e. The van der Waals surface area contributed by atoms with E-state index in [1.54, 1.807) is 6.92 Å². The fourth-order valence-corrected chi connectivity index (χ4v) is 3.11. The lowest BCUT2D eigenvalue weighted by atomic mass is 10.3. The Morgan fingerprint density at radius 3 is 2.85 bits per heavy atom. The molecule has 1 heterocycles. The number of nitrogens with zero attached hydrogens (tertiary/aromatic N) is 1. The summed E-state index contributed by atoms with van der Waals surface area (Å²) >= 11 is 5.60. The minimum Gasteiger partial charge on any atom is -0.326 e. The van der Waals surface area contributed by atoms with E-state index >= 15 is 0 Å². The molecule has 9 heteroatoms. The van der Waals surface area contributed by atoms with E-state index in [1.165, 1.54) is 18.2 Å². The summed E-state index contributed by atoms with van der Waals surface area (Å²) in [5, 5.41) is 5.80. The second kappa shape index (κ2) is 5.39. The minimum absolute atomic E-state index is 0.00337. The molecule has 0 saturated heterocycles. The molecule has 0 bridgehead atoms. The molecule has 2 aromatic rings. The number of anilines is 1. The number of nitrogens with one attached hydrogen (secondary N) is 2. The maximum Gasteiger partial charge on any atom is 0.281 e. The molecular formula is C11H12ClFN4O2S. The van der Waals surface area contributed by atoms with Crippen molar-refractivity contribution >= 4 is 27.3 Å². The molecule has 0 spiro atoms. The zero-order valence-electron chi connectivity index (χ0n) is 10.4. The lowest BCUT2D eigenvalue weighted by Gasteiger charge is -2.08. The normalized spacial score (nSPS) is 11.6. The molecular weight excluding hydrogens is 307 g/mol. The van der Waals surface area contributed by atoms with Crippen molar-refractivity contribution in [3.05, 3.63) is 40.3 Å². The molecule has 6 nitrogen and oxygen atoms in total. The highest BCUT2D eigenvalue weighted by molar-refractivity contribution is 7.92. The number of nitrogens with two attached hydrogens (primary N) is 1. The first-order valence-corrected chi connectivity index (χ1v) is 7.43. The van der Waals surface area contributed by atoms with E-state index in [1.807, 2.05) is 0 Å². The van der Waals surface area contributed by atoms with E-state index in [9.17, 15) is 12.8 Å². The number of halogens is 2. The van der Waals surface area contributed by atoms with Crippen LogP contribution < -0.4 is 10.5 Å². The summed E-state index contributed by atoms with van der Waals surface area (Å²) in [5.74, 6) is -0.848. The van der Waals surface area contributed by atoms with E-state index < -0.39 is 15.8 Å². The fraction of sp³-hybridized carbons (Fsp3) is 0.182. The number of aromatic nitrogens is 2. The Kier molecular flexibility index (Phi) is 3.98. The summed E-state index contributed by atoms with van der Waals surface area (Å²) in [6.07, 6.45) is 0. The first-order valence-electron chi connectivity index (χ1n) is 5.57. The van der Waals surface area contributed by atoms with Crippen LogP contribution in [0, 0.1) is 12.7 Å². The predicted molar refractivity (Wildman–Crippen MR) is 73.4 cm³/mol. The average molecular weight is 319 g/mol. The standard InChI is InChI=1S/C11H12ClFN4O2S/c1-6-7(5-14)11(16-15-6)20(18,19)17-9-4-2-3-8(12)10(9)13/h2-4,17H,5,14H2,1H3,(H,15,16). The fourth-order valence-electron chi connectivity index (χ4n) is 1.67. The Hall–Kier alpha value is -1.64. The molecule has 0 unspecified atom stereocenters. The summed E-state index contributed by atoms with van der Waals surface area (Å²) < 4.78 is 40.2. The van der Waals surface area contributed by atoms with Gasteiger partial charge in [0, 0.05) is 17.8 Å². The predicted octanol–water partition coefficient (Wildman–Crippen LogP) is 1.77. The van der Waals surface area contributed by atoms with Crippen molar-refractivity contribution in [2.24, 2.45) is 5.73 Å². The van der Waals surface area contributed by atoms with Gasteiger partial charge in [-0.05, 0) is 19.1 Å². The molecule has 4 N–H and O–H groups in total. The van der Waals surface area contributed by atoms with Crippen LogP contribution in [-0.2, 0) is 16.6 Å². The molecule has 0 atom stereocenters. The summed E-state index contributed by atoms with van der Waals surface area (Å²) in [6, 6.07) is 4.02. The van der Waals surface area contributed by atoms with Gasteiger partial charge in [-0.2, -0.15) is 13.5 Å².